The minimum Gasteiger partial charge on any atom is -0.395 e. The van der Waals surface area contributed by atoms with Gasteiger partial charge in [0.2, 0.25) is 5.91 Å². The van der Waals surface area contributed by atoms with E-state index in [2.05, 4.69) is 31.0 Å². The van der Waals surface area contributed by atoms with Crippen LogP contribution < -0.4 is 5.32 Å². The quantitative estimate of drug-likeness (QED) is 0.824. The van der Waals surface area contributed by atoms with E-state index in [9.17, 15) is 4.79 Å². The summed E-state index contributed by atoms with van der Waals surface area (Å²) in [6.07, 6.45) is 1.48. The molecule has 2 rings (SSSR count). The van der Waals surface area contributed by atoms with Gasteiger partial charge >= 0.3 is 0 Å². The van der Waals surface area contributed by atoms with E-state index in [1.807, 2.05) is 24.3 Å². The van der Waals surface area contributed by atoms with Crippen LogP contribution in [0.4, 0.5) is 0 Å². The standard InChI is InChI=1S/C17H21NO2/c1-17(2)11-15(17)16(20)18-12-14-8-6-13(7-9-14)5-3-4-10-19/h6-9,15,19H,4,10-12H2,1-2H3,(H,18,20). The van der Waals surface area contributed by atoms with Gasteiger partial charge in [-0.1, -0.05) is 37.8 Å². The number of hydrogen-bond donors (Lipinski definition) is 2. The highest BCUT2D eigenvalue weighted by Gasteiger charge is 2.50. The number of aliphatic hydroxyl groups is 1. The summed E-state index contributed by atoms with van der Waals surface area (Å²) in [5, 5.41) is 11.6. The van der Waals surface area contributed by atoms with Crippen LogP contribution in [-0.2, 0) is 11.3 Å². The van der Waals surface area contributed by atoms with Crippen molar-refractivity contribution < 1.29 is 9.90 Å². The molecule has 1 unspecified atom stereocenters. The summed E-state index contributed by atoms with van der Waals surface area (Å²) < 4.78 is 0. The molecule has 1 aliphatic rings. The lowest BCUT2D eigenvalue weighted by molar-refractivity contribution is -0.123. The summed E-state index contributed by atoms with van der Waals surface area (Å²) in [6, 6.07) is 7.82. The van der Waals surface area contributed by atoms with Gasteiger partial charge in [0.1, 0.15) is 0 Å². The second-order valence-electron chi connectivity index (χ2n) is 5.94. The Balaban J connectivity index is 1.82. The Labute approximate surface area is 120 Å². The van der Waals surface area contributed by atoms with Gasteiger partial charge in [0.25, 0.3) is 0 Å². The van der Waals surface area contributed by atoms with Crippen LogP contribution in [-0.4, -0.2) is 17.6 Å². The van der Waals surface area contributed by atoms with Crippen molar-refractivity contribution in [3.63, 3.8) is 0 Å². The number of benzene rings is 1. The fraction of sp³-hybridized carbons (Fsp3) is 0.471. The van der Waals surface area contributed by atoms with Gasteiger partial charge in [0.15, 0.2) is 0 Å². The second-order valence-corrected chi connectivity index (χ2v) is 5.94. The maximum absolute atomic E-state index is 11.9. The Morgan fingerprint density at radius 2 is 2.05 bits per heavy atom. The highest BCUT2D eigenvalue weighted by molar-refractivity contribution is 5.82. The van der Waals surface area contributed by atoms with Crippen LogP contribution in [0.2, 0.25) is 0 Å². The molecule has 0 bridgehead atoms. The molecule has 1 aromatic rings. The van der Waals surface area contributed by atoms with Gasteiger partial charge < -0.3 is 10.4 Å². The lowest BCUT2D eigenvalue weighted by Gasteiger charge is -2.06. The van der Waals surface area contributed by atoms with Crippen molar-refractivity contribution in [2.45, 2.75) is 33.2 Å². The van der Waals surface area contributed by atoms with Crippen LogP contribution >= 0.6 is 0 Å². The molecule has 2 N–H and O–H groups in total. The minimum atomic E-state index is 0.0919. The predicted molar refractivity (Wildman–Crippen MR) is 78.8 cm³/mol. The molecule has 0 heterocycles. The van der Waals surface area contributed by atoms with Crippen LogP contribution in [0.3, 0.4) is 0 Å². The molecule has 0 spiro atoms. The van der Waals surface area contributed by atoms with Crippen LogP contribution in [0, 0.1) is 23.2 Å². The highest BCUT2D eigenvalue weighted by atomic mass is 16.2. The fourth-order valence-electron chi connectivity index (χ4n) is 2.15. The zero-order valence-corrected chi connectivity index (χ0v) is 12.1. The fourth-order valence-corrected chi connectivity index (χ4v) is 2.15. The summed E-state index contributed by atoms with van der Waals surface area (Å²) >= 11 is 0. The van der Waals surface area contributed by atoms with Crippen molar-refractivity contribution in [3.8, 4) is 11.8 Å². The monoisotopic (exact) mass is 271 g/mol. The normalized spacial score (nSPS) is 18.9. The van der Waals surface area contributed by atoms with Gasteiger partial charge in [-0.2, -0.15) is 0 Å². The molecule has 1 fully saturated rings. The molecule has 1 atom stereocenters. The lowest BCUT2D eigenvalue weighted by atomic mass is 10.1. The van der Waals surface area contributed by atoms with Crippen molar-refractivity contribution in [3.05, 3.63) is 35.4 Å². The van der Waals surface area contributed by atoms with Crippen LogP contribution in [0.15, 0.2) is 24.3 Å². The maximum Gasteiger partial charge on any atom is 0.223 e. The third-order valence-electron chi connectivity index (χ3n) is 3.72. The third kappa shape index (κ3) is 3.85. The van der Waals surface area contributed by atoms with E-state index in [0.29, 0.717) is 13.0 Å². The van der Waals surface area contributed by atoms with Gasteiger partial charge in [-0.05, 0) is 29.5 Å². The number of nitrogens with one attached hydrogen (secondary N) is 1. The Hall–Kier alpha value is -1.79. The predicted octanol–water partition coefficient (Wildman–Crippen LogP) is 2.08. The van der Waals surface area contributed by atoms with Crippen molar-refractivity contribution in [1.82, 2.24) is 5.32 Å². The first-order valence-electron chi connectivity index (χ1n) is 6.99. The lowest BCUT2D eigenvalue weighted by Crippen LogP contribution is -2.25. The number of amides is 1. The van der Waals surface area contributed by atoms with Crippen LogP contribution in [0.1, 0.15) is 37.8 Å². The summed E-state index contributed by atoms with van der Waals surface area (Å²) in [5.41, 5.74) is 2.18. The molecule has 3 nitrogen and oxygen atoms in total. The maximum atomic E-state index is 11.9. The van der Waals surface area contributed by atoms with Crippen molar-refractivity contribution in [1.29, 1.82) is 0 Å². The van der Waals surface area contributed by atoms with E-state index in [0.717, 1.165) is 17.5 Å². The highest BCUT2D eigenvalue weighted by Crippen LogP contribution is 2.51. The summed E-state index contributed by atoms with van der Waals surface area (Å²) in [7, 11) is 0. The molecular weight excluding hydrogens is 250 g/mol. The van der Waals surface area contributed by atoms with Gasteiger partial charge in [-0.15, -0.1) is 0 Å². The largest absolute Gasteiger partial charge is 0.395 e. The Morgan fingerprint density at radius 3 is 2.60 bits per heavy atom. The number of rotatable bonds is 4. The van der Waals surface area contributed by atoms with E-state index < -0.39 is 0 Å². The first-order valence-corrected chi connectivity index (χ1v) is 6.99. The number of carbonyl (C=O) groups is 1. The third-order valence-corrected chi connectivity index (χ3v) is 3.72. The zero-order chi connectivity index (χ0) is 14.6. The van der Waals surface area contributed by atoms with E-state index in [-0.39, 0.29) is 23.8 Å². The van der Waals surface area contributed by atoms with E-state index in [1.54, 1.807) is 0 Å². The number of hydrogen-bond acceptors (Lipinski definition) is 2. The molecule has 106 valence electrons. The molecule has 20 heavy (non-hydrogen) atoms. The first kappa shape index (κ1) is 14.6. The molecule has 0 aliphatic heterocycles. The molecule has 1 aliphatic carbocycles. The molecule has 1 aromatic carbocycles. The Morgan fingerprint density at radius 1 is 1.40 bits per heavy atom. The topological polar surface area (TPSA) is 49.3 Å². The molecule has 3 heteroatoms. The smallest absolute Gasteiger partial charge is 0.223 e. The van der Waals surface area contributed by atoms with E-state index in [1.165, 1.54) is 0 Å². The molecule has 1 saturated carbocycles. The molecule has 0 radical (unpaired) electrons. The van der Waals surface area contributed by atoms with Gasteiger partial charge in [0.05, 0.1) is 6.61 Å². The summed E-state index contributed by atoms with van der Waals surface area (Å²) in [6.45, 7) is 4.90. The number of aliphatic hydroxyl groups excluding tert-OH is 1. The molecular formula is C17H21NO2. The molecule has 0 aromatic heterocycles. The van der Waals surface area contributed by atoms with Gasteiger partial charge in [-0.25, -0.2) is 0 Å². The zero-order valence-electron chi connectivity index (χ0n) is 12.1. The SMILES string of the molecule is CC1(C)CC1C(=O)NCc1ccc(C#CCCO)cc1. The van der Waals surface area contributed by atoms with Gasteiger partial charge in [-0.3, -0.25) is 4.79 Å². The van der Waals surface area contributed by atoms with E-state index in [4.69, 9.17) is 5.11 Å². The average molecular weight is 271 g/mol. The summed E-state index contributed by atoms with van der Waals surface area (Å²) in [4.78, 5) is 11.9. The van der Waals surface area contributed by atoms with Crippen LogP contribution in [0.25, 0.3) is 0 Å². The first-order chi connectivity index (χ1) is 9.53. The van der Waals surface area contributed by atoms with Gasteiger partial charge in [0, 0.05) is 24.4 Å². The molecule has 1 amide bonds. The Bertz CT molecular complexity index is 534. The Kier molecular flexibility index (Phi) is 4.46. The van der Waals surface area contributed by atoms with Crippen molar-refractivity contribution in [2.24, 2.45) is 11.3 Å². The average Bonchev–Trinajstić information content (AvgIpc) is 3.07. The number of carbonyl (C=O) groups excluding carboxylic acids is 1. The molecule has 0 saturated heterocycles. The van der Waals surface area contributed by atoms with Crippen molar-refractivity contribution >= 4 is 5.91 Å². The minimum absolute atomic E-state index is 0.0919. The van der Waals surface area contributed by atoms with E-state index >= 15 is 0 Å². The summed E-state index contributed by atoms with van der Waals surface area (Å²) in [5.74, 6) is 6.19. The van der Waals surface area contributed by atoms with Crippen molar-refractivity contribution in [2.75, 3.05) is 6.61 Å². The van der Waals surface area contributed by atoms with Crippen LogP contribution in [0.5, 0.6) is 0 Å². The second kappa shape index (κ2) is 6.11.